The summed E-state index contributed by atoms with van der Waals surface area (Å²) < 4.78 is 7.04. The number of nitrogens with zero attached hydrogens (tertiary/aromatic N) is 2. The highest BCUT2D eigenvalue weighted by atomic mass is 16.5. The number of hydrogen-bond donors (Lipinski definition) is 2. The third-order valence-electron chi connectivity index (χ3n) is 4.10. The van der Waals surface area contributed by atoms with E-state index in [9.17, 15) is 9.90 Å². The molecule has 0 bridgehead atoms. The minimum atomic E-state index is -0.746. The molecule has 6 nitrogen and oxygen atoms in total. The normalized spacial score (nSPS) is 12.1. The number of amides is 1. The second-order valence-electron chi connectivity index (χ2n) is 5.77. The van der Waals surface area contributed by atoms with Gasteiger partial charge in [-0.2, -0.15) is 0 Å². The predicted molar refractivity (Wildman–Crippen MR) is 95.3 cm³/mol. The Labute approximate surface area is 146 Å². The fourth-order valence-electron chi connectivity index (χ4n) is 2.65. The Morgan fingerprint density at radius 2 is 2.00 bits per heavy atom. The number of aliphatic hydroxyl groups is 1. The van der Waals surface area contributed by atoms with Crippen LogP contribution < -0.4 is 10.1 Å². The highest BCUT2D eigenvalue weighted by molar-refractivity contribution is 5.77. The van der Waals surface area contributed by atoms with Crippen LogP contribution in [0.5, 0.6) is 5.75 Å². The van der Waals surface area contributed by atoms with Crippen LogP contribution in [0.25, 0.3) is 11.0 Å². The van der Waals surface area contributed by atoms with Crippen molar-refractivity contribution in [1.82, 2.24) is 14.9 Å². The van der Waals surface area contributed by atoms with Crippen molar-refractivity contribution in [2.45, 2.75) is 19.1 Å². The maximum atomic E-state index is 12.0. The number of methoxy groups -OCH3 is 1. The SMILES string of the molecule is COc1ccc([C@@H](O)CNC(=O)CCn2cnc3ccccc32)cc1. The van der Waals surface area contributed by atoms with E-state index in [2.05, 4.69) is 10.3 Å². The molecule has 0 aliphatic rings. The molecule has 0 spiro atoms. The van der Waals surface area contributed by atoms with Gasteiger partial charge in [-0.15, -0.1) is 0 Å². The number of para-hydroxylation sites is 2. The van der Waals surface area contributed by atoms with Crippen LogP contribution in [0, 0.1) is 0 Å². The van der Waals surface area contributed by atoms with E-state index < -0.39 is 6.10 Å². The topological polar surface area (TPSA) is 76.4 Å². The molecular weight excluding hydrogens is 318 g/mol. The van der Waals surface area contributed by atoms with Crippen LogP contribution in [0.1, 0.15) is 18.1 Å². The molecule has 0 radical (unpaired) electrons. The van der Waals surface area contributed by atoms with Gasteiger partial charge in [-0.3, -0.25) is 4.79 Å². The number of benzene rings is 2. The van der Waals surface area contributed by atoms with E-state index in [0.717, 1.165) is 22.3 Å². The van der Waals surface area contributed by atoms with Crippen LogP contribution in [0.15, 0.2) is 54.9 Å². The van der Waals surface area contributed by atoms with Gasteiger partial charge in [0.25, 0.3) is 0 Å². The van der Waals surface area contributed by atoms with Crippen molar-refractivity contribution in [1.29, 1.82) is 0 Å². The molecule has 0 fully saturated rings. The minimum absolute atomic E-state index is 0.106. The average molecular weight is 339 g/mol. The van der Waals surface area contributed by atoms with Gasteiger partial charge in [-0.05, 0) is 29.8 Å². The van der Waals surface area contributed by atoms with Crippen LogP contribution in [0.4, 0.5) is 0 Å². The van der Waals surface area contributed by atoms with Gasteiger partial charge in [-0.1, -0.05) is 24.3 Å². The first-order valence-electron chi connectivity index (χ1n) is 8.16. The summed E-state index contributed by atoms with van der Waals surface area (Å²) in [7, 11) is 1.59. The number of imidazole rings is 1. The molecule has 0 unspecified atom stereocenters. The molecule has 2 N–H and O–H groups in total. The zero-order valence-electron chi connectivity index (χ0n) is 14.1. The van der Waals surface area contributed by atoms with Crippen molar-refractivity contribution in [2.24, 2.45) is 0 Å². The third-order valence-corrected chi connectivity index (χ3v) is 4.10. The molecule has 0 aliphatic carbocycles. The van der Waals surface area contributed by atoms with E-state index in [1.807, 2.05) is 28.8 Å². The number of hydrogen-bond acceptors (Lipinski definition) is 4. The molecule has 130 valence electrons. The van der Waals surface area contributed by atoms with E-state index in [-0.39, 0.29) is 12.5 Å². The van der Waals surface area contributed by atoms with Crippen molar-refractivity contribution in [3.8, 4) is 5.75 Å². The van der Waals surface area contributed by atoms with Gasteiger partial charge in [0.2, 0.25) is 5.91 Å². The molecule has 2 aromatic carbocycles. The summed E-state index contributed by atoms with van der Waals surface area (Å²) in [5.41, 5.74) is 2.66. The number of carbonyl (C=O) groups is 1. The molecule has 25 heavy (non-hydrogen) atoms. The van der Waals surface area contributed by atoms with Crippen molar-refractivity contribution in [3.05, 3.63) is 60.4 Å². The van der Waals surface area contributed by atoms with Crippen LogP contribution >= 0.6 is 0 Å². The molecule has 0 saturated carbocycles. The van der Waals surface area contributed by atoms with Crippen molar-refractivity contribution < 1.29 is 14.6 Å². The van der Waals surface area contributed by atoms with Crippen molar-refractivity contribution >= 4 is 16.9 Å². The highest BCUT2D eigenvalue weighted by Gasteiger charge is 2.10. The second kappa shape index (κ2) is 7.81. The number of ether oxygens (including phenoxy) is 1. The average Bonchev–Trinajstić information content (AvgIpc) is 3.07. The van der Waals surface area contributed by atoms with E-state index in [1.165, 1.54) is 0 Å². The van der Waals surface area contributed by atoms with Crippen LogP contribution in [0.2, 0.25) is 0 Å². The fraction of sp³-hybridized carbons (Fsp3) is 0.263. The third kappa shape index (κ3) is 4.16. The van der Waals surface area contributed by atoms with E-state index in [4.69, 9.17) is 4.74 Å². The minimum Gasteiger partial charge on any atom is -0.497 e. The van der Waals surface area contributed by atoms with E-state index in [1.54, 1.807) is 37.7 Å². The number of nitrogens with one attached hydrogen (secondary N) is 1. The van der Waals surface area contributed by atoms with Crippen LogP contribution in [-0.2, 0) is 11.3 Å². The second-order valence-corrected chi connectivity index (χ2v) is 5.77. The first-order valence-corrected chi connectivity index (χ1v) is 8.16. The lowest BCUT2D eigenvalue weighted by Gasteiger charge is -2.13. The molecule has 1 atom stereocenters. The summed E-state index contributed by atoms with van der Waals surface area (Å²) in [5.74, 6) is 0.623. The largest absolute Gasteiger partial charge is 0.497 e. The molecule has 1 heterocycles. The van der Waals surface area contributed by atoms with Crippen molar-refractivity contribution in [2.75, 3.05) is 13.7 Å². The monoisotopic (exact) mass is 339 g/mol. The number of aliphatic hydroxyl groups excluding tert-OH is 1. The van der Waals surface area contributed by atoms with Crippen molar-refractivity contribution in [3.63, 3.8) is 0 Å². The van der Waals surface area contributed by atoms with E-state index >= 15 is 0 Å². The fourth-order valence-corrected chi connectivity index (χ4v) is 2.65. The van der Waals surface area contributed by atoms with Gasteiger partial charge >= 0.3 is 0 Å². The number of aryl methyl sites for hydroxylation is 1. The maximum absolute atomic E-state index is 12.0. The number of aromatic nitrogens is 2. The summed E-state index contributed by atoms with van der Waals surface area (Å²) >= 11 is 0. The molecule has 6 heteroatoms. The van der Waals surface area contributed by atoms with Gasteiger partial charge in [-0.25, -0.2) is 4.98 Å². The Bertz CT molecular complexity index is 843. The van der Waals surface area contributed by atoms with E-state index in [0.29, 0.717) is 13.0 Å². The summed E-state index contributed by atoms with van der Waals surface area (Å²) in [6.07, 6.45) is 1.32. The number of fused-ring (bicyclic) bond motifs is 1. The zero-order valence-corrected chi connectivity index (χ0v) is 14.1. The number of carbonyl (C=O) groups excluding carboxylic acids is 1. The molecule has 0 aliphatic heterocycles. The lowest BCUT2D eigenvalue weighted by Crippen LogP contribution is -2.29. The summed E-state index contributed by atoms with van der Waals surface area (Å²) in [6, 6.07) is 14.9. The maximum Gasteiger partial charge on any atom is 0.221 e. The van der Waals surface area contributed by atoms with Crippen LogP contribution in [-0.4, -0.2) is 34.2 Å². The van der Waals surface area contributed by atoms with Gasteiger partial charge in [0.1, 0.15) is 5.75 Å². The molecule has 3 rings (SSSR count). The van der Waals surface area contributed by atoms with Gasteiger partial charge < -0.3 is 19.7 Å². The smallest absolute Gasteiger partial charge is 0.221 e. The molecule has 1 amide bonds. The molecule has 3 aromatic rings. The Kier molecular flexibility index (Phi) is 5.30. The van der Waals surface area contributed by atoms with Gasteiger partial charge in [0, 0.05) is 19.5 Å². The predicted octanol–water partition coefficient (Wildman–Crippen LogP) is 2.28. The lowest BCUT2D eigenvalue weighted by molar-refractivity contribution is -0.121. The highest BCUT2D eigenvalue weighted by Crippen LogP contribution is 2.17. The zero-order chi connectivity index (χ0) is 17.6. The Balaban J connectivity index is 1.49. The molecule has 1 aromatic heterocycles. The first kappa shape index (κ1) is 17.0. The summed E-state index contributed by atoms with van der Waals surface area (Å²) in [4.78, 5) is 16.3. The van der Waals surface area contributed by atoms with Gasteiger partial charge in [0.15, 0.2) is 0 Å². The van der Waals surface area contributed by atoms with Gasteiger partial charge in [0.05, 0.1) is 30.6 Å². The summed E-state index contributed by atoms with van der Waals surface area (Å²) in [5, 5.41) is 12.9. The standard InChI is InChI=1S/C19H21N3O3/c1-25-15-8-6-14(7-9-15)18(23)12-20-19(24)10-11-22-13-21-16-4-2-3-5-17(16)22/h2-9,13,18,23H,10-12H2,1H3,(H,20,24)/t18-/m0/s1. The number of rotatable bonds is 7. The molecular formula is C19H21N3O3. The summed E-state index contributed by atoms with van der Waals surface area (Å²) in [6.45, 7) is 0.723. The quantitative estimate of drug-likeness (QED) is 0.692. The van der Waals surface area contributed by atoms with Crippen LogP contribution in [0.3, 0.4) is 0 Å². The Morgan fingerprint density at radius 3 is 2.76 bits per heavy atom. The molecule has 0 saturated heterocycles. The lowest BCUT2D eigenvalue weighted by atomic mass is 10.1. The Hall–Kier alpha value is -2.86. The Morgan fingerprint density at radius 1 is 1.24 bits per heavy atom. The first-order chi connectivity index (χ1) is 12.2.